The van der Waals surface area contributed by atoms with Crippen LogP contribution in [-0.2, 0) is 14.5 Å². The number of carboxylic acids is 1. The van der Waals surface area contributed by atoms with Gasteiger partial charge in [0.1, 0.15) is 17.9 Å². The highest BCUT2D eigenvalue weighted by Gasteiger charge is 2.38. The van der Waals surface area contributed by atoms with Gasteiger partial charge in [-0.1, -0.05) is 42.0 Å². The number of nitro groups is 2. The van der Waals surface area contributed by atoms with Crippen molar-refractivity contribution in [2.45, 2.75) is 32.2 Å². The number of aliphatic carboxylic acids is 1. The first-order valence-corrected chi connectivity index (χ1v) is 10.2. The number of hydrogen-bond donors (Lipinski definition) is 2. The van der Waals surface area contributed by atoms with Gasteiger partial charge in [-0.25, -0.2) is 9.18 Å². The third kappa shape index (κ3) is 7.81. The van der Waals surface area contributed by atoms with E-state index in [1.807, 2.05) is 6.92 Å². The molecule has 3 atom stereocenters. The van der Waals surface area contributed by atoms with Crippen molar-refractivity contribution in [3.05, 3.63) is 91.3 Å². The van der Waals surface area contributed by atoms with Crippen LogP contribution in [0, 0.1) is 33.0 Å². The molecule has 0 saturated carbocycles. The number of halogens is 1. The number of benzene rings is 2. The summed E-state index contributed by atoms with van der Waals surface area (Å²) in [6, 6.07) is 9.10. The van der Waals surface area contributed by atoms with Crippen LogP contribution in [0.25, 0.3) is 0 Å². The Labute approximate surface area is 194 Å². The van der Waals surface area contributed by atoms with E-state index in [0.29, 0.717) is 5.56 Å². The summed E-state index contributed by atoms with van der Waals surface area (Å²) >= 11 is 0. The number of nitrogens with zero attached hydrogens (tertiary/aromatic N) is 3. The van der Waals surface area contributed by atoms with Gasteiger partial charge >= 0.3 is 5.97 Å². The fourth-order valence-corrected chi connectivity index (χ4v) is 3.15. The Morgan fingerprint density at radius 3 is 2.12 bits per heavy atom. The van der Waals surface area contributed by atoms with Crippen LogP contribution < -0.4 is 5.48 Å². The molecule has 3 unspecified atom stereocenters. The van der Waals surface area contributed by atoms with E-state index >= 15 is 0 Å². The van der Waals surface area contributed by atoms with Gasteiger partial charge in [-0.15, -0.1) is 5.06 Å². The smallest absolute Gasteiger partial charge is 0.352 e. The number of carboxylic acid groups (broad SMARTS) is 1. The number of aryl methyl sites for hydroxylation is 1. The van der Waals surface area contributed by atoms with Crippen LogP contribution in [0.3, 0.4) is 0 Å². The van der Waals surface area contributed by atoms with Gasteiger partial charge in [-0.2, -0.15) is 5.48 Å². The summed E-state index contributed by atoms with van der Waals surface area (Å²) in [5.41, 5.74) is 3.99. The predicted molar refractivity (Wildman–Crippen MR) is 116 cm³/mol. The highest BCUT2D eigenvalue weighted by atomic mass is 19.1. The second kappa shape index (κ2) is 12.6. The minimum Gasteiger partial charge on any atom is -0.478 e. The largest absolute Gasteiger partial charge is 0.478 e. The first-order chi connectivity index (χ1) is 16.1. The summed E-state index contributed by atoms with van der Waals surface area (Å²) in [5.74, 6) is -2.15. The van der Waals surface area contributed by atoms with Crippen molar-refractivity contribution in [1.29, 1.82) is 0 Å². The molecule has 0 bridgehead atoms. The Bertz CT molecular complexity index is 974. The first kappa shape index (κ1) is 26.7. The molecule has 0 heterocycles. The second-order valence-corrected chi connectivity index (χ2v) is 7.27. The number of carbonyl (C=O) groups is 1. The molecular weight excluding hydrogens is 455 g/mol. The van der Waals surface area contributed by atoms with Gasteiger partial charge in [0, 0.05) is 9.85 Å². The van der Waals surface area contributed by atoms with Crippen molar-refractivity contribution in [1.82, 2.24) is 10.5 Å². The topological polar surface area (TPSA) is 157 Å². The highest BCUT2D eigenvalue weighted by Crippen LogP contribution is 2.26. The Morgan fingerprint density at radius 1 is 1.06 bits per heavy atom. The summed E-state index contributed by atoms with van der Waals surface area (Å²) < 4.78 is 13.4. The molecule has 0 fully saturated rings. The molecule has 0 aliphatic rings. The predicted octanol–water partition coefficient (Wildman–Crippen LogP) is 2.66. The molecule has 0 amide bonds. The Balaban J connectivity index is 2.36. The lowest BCUT2D eigenvalue weighted by molar-refractivity contribution is -0.497. The zero-order valence-corrected chi connectivity index (χ0v) is 18.5. The maximum absolute atomic E-state index is 13.4. The van der Waals surface area contributed by atoms with Crippen LogP contribution in [-0.4, -0.2) is 51.9 Å². The third-order valence-corrected chi connectivity index (χ3v) is 4.74. The van der Waals surface area contributed by atoms with Crippen molar-refractivity contribution < 1.29 is 33.8 Å². The SMILES string of the molecule is CCON(C(ONC(C[N+](=O)[O-])c1ccc(C)cc1)C(=O)O)C(C[N+](=O)[O-])c1ccc(F)cc1. The van der Waals surface area contributed by atoms with E-state index in [1.54, 1.807) is 24.3 Å². The van der Waals surface area contributed by atoms with Gasteiger partial charge in [0.2, 0.25) is 13.1 Å². The molecule has 184 valence electrons. The molecule has 0 radical (unpaired) electrons. The molecule has 0 aliphatic carbocycles. The lowest BCUT2D eigenvalue weighted by Gasteiger charge is -2.33. The molecule has 0 spiro atoms. The van der Waals surface area contributed by atoms with Crippen LogP contribution in [0.15, 0.2) is 48.5 Å². The quantitative estimate of drug-likeness (QED) is 0.234. The zero-order chi connectivity index (χ0) is 25.3. The van der Waals surface area contributed by atoms with Gasteiger partial charge in [0.15, 0.2) is 0 Å². The Hall–Kier alpha value is -3.52. The minimum absolute atomic E-state index is 0.0706. The number of nitrogens with one attached hydrogen (secondary N) is 1. The van der Waals surface area contributed by atoms with Gasteiger partial charge in [-0.05, 0) is 37.1 Å². The summed E-state index contributed by atoms with van der Waals surface area (Å²) in [6.07, 6.45) is -1.94. The van der Waals surface area contributed by atoms with E-state index in [4.69, 9.17) is 9.68 Å². The molecule has 2 N–H and O–H groups in total. The van der Waals surface area contributed by atoms with Crippen molar-refractivity contribution >= 4 is 5.97 Å². The monoisotopic (exact) mass is 480 g/mol. The normalized spacial score (nSPS) is 13.9. The van der Waals surface area contributed by atoms with Crippen molar-refractivity contribution in [3.8, 4) is 0 Å². The maximum atomic E-state index is 13.4. The van der Waals surface area contributed by atoms with Gasteiger partial charge in [-0.3, -0.25) is 29.9 Å². The molecule has 2 aromatic rings. The fourth-order valence-electron chi connectivity index (χ4n) is 3.15. The number of rotatable bonds is 14. The highest BCUT2D eigenvalue weighted by molar-refractivity contribution is 5.71. The van der Waals surface area contributed by atoms with Crippen LogP contribution >= 0.6 is 0 Å². The summed E-state index contributed by atoms with van der Waals surface area (Å²) in [5, 5.41) is 33.0. The van der Waals surface area contributed by atoms with Crippen molar-refractivity contribution in [2.24, 2.45) is 0 Å². The summed E-state index contributed by atoms with van der Waals surface area (Å²) in [7, 11) is 0. The molecule has 0 saturated heterocycles. The average molecular weight is 480 g/mol. The lowest BCUT2D eigenvalue weighted by Crippen LogP contribution is -2.50. The standard InChI is InChI=1S/C21H25FN4O8/c1-3-33-26(19(13-25(31)32)16-8-10-17(22)11-9-16)20(21(27)28)34-23-18(12-24(29)30)15-6-4-14(2)5-7-15/h4-11,18-20,23H,3,12-13H2,1-2H3,(H,27,28). The maximum Gasteiger partial charge on any atom is 0.352 e. The van der Waals surface area contributed by atoms with Crippen LogP contribution in [0.2, 0.25) is 0 Å². The Morgan fingerprint density at radius 2 is 1.62 bits per heavy atom. The van der Waals surface area contributed by atoms with Crippen LogP contribution in [0.1, 0.15) is 35.7 Å². The summed E-state index contributed by atoms with van der Waals surface area (Å²) in [4.78, 5) is 44.0. The molecule has 0 aromatic heterocycles. The molecule has 13 heteroatoms. The Kier molecular flexibility index (Phi) is 9.94. The fraction of sp³-hybridized carbons (Fsp3) is 0.381. The van der Waals surface area contributed by atoms with Gasteiger partial charge in [0.05, 0.1) is 6.61 Å². The van der Waals surface area contributed by atoms with E-state index in [9.17, 15) is 34.5 Å². The van der Waals surface area contributed by atoms with Crippen molar-refractivity contribution in [3.63, 3.8) is 0 Å². The molecule has 2 rings (SSSR count). The number of hydroxylamine groups is 3. The minimum atomic E-state index is -1.94. The van der Waals surface area contributed by atoms with E-state index in [1.165, 1.54) is 19.1 Å². The molecule has 2 aromatic carbocycles. The first-order valence-electron chi connectivity index (χ1n) is 10.2. The van der Waals surface area contributed by atoms with Crippen LogP contribution in [0.5, 0.6) is 0 Å². The van der Waals surface area contributed by atoms with Crippen LogP contribution in [0.4, 0.5) is 4.39 Å². The summed E-state index contributed by atoms with van der Waals surface area (Å²) in [6.45, 7) is 1.89. The van der Waals surface area contributed by atoms with E-state index < -0.39 is 53.0 Å². The molecular formula is C21H25FN4O8. The third-order valence-electron chi connectivity index (χ3n) is 4.74. The van der Waals surface area contributed by atoms with Gasteiger partial charge in [0.25, 0.3) is 6.23 Å². The lowest BCUT2D eigenvalue weighted by atomic mass is 10.1. The molecule has 12 nitrogen and oxygen atoms in total. The van der Waals surface area contributed by atoms with E-state index in [-0.39, 0.29) is 12.2 Å². The average Bonchev–Trinajstić information content (AvgIpc) is 2.77. The zero-order valence-electron chi connectivity index (χ0n) is 18.5. The second-order valence-electron chi connectivity index (χ2n) is 7.27. The molecule has 0 aliphatic heterocycles. The van der Waals surface area contributed by atoms with E-state index in [2.05, 4.69) is 5.48 Å². The van der Waals surface area contributed by atoms with Crippen molar-refractivity contribution in [2.75, 3.05) is 19.7 Å². The van der Waals surface area contributed by atoms with Gasteiger partial charge < -0.3 is 5.11 Å². The molecule has 34 heavy (non-hydrogen) atoms. The van der Waals surface area contributed by atoms with E-state index in [0.717, 1.165) is 22.8 Å². The number of hydrogen-bond acceptors (Lipinski definition) is 9.